The summed E-state index contributed by atoms with van der Waals surface area (Å²) < 4.78 is 5.69. The maximum absolute atomic E-state index is 12.1. The zero-order valence-corrected chi connectivity index (χ0v) is 12.8. The number of aliphatic imine (C=N–C) groups is 1. The van der Waals surface area contributed by atoms with Crippen molar-refractivity contribution in [3.63, 3.8) is 0 Å². The molecule has 1 amide bonds. The molecule has 1 aliphatic carbocycles. The maximum Gasteiger partial charge on any atom is 0.277 e. The van der Waals surface area contributed by atoms with E-state index in [1.807, 2.05) is 72.8 Å². The van der Waals surface area contributed by atoms with Gasteiger partial charge in [0.05, 0.1) is 5.71 Å². The van der Waals surface area contributed by atoms with E-state index in [9.17, 15) is 4.79 Å². The Morgan fingerprint density at radius 3 is 2.04 bits per heavy atom. The summed E-state index contributed by atoms with van der Waals surface area (Å²) in [6.45, 7) is 0. The minimum Gasteiger partial charge on any atom is -0.365 e. The molecule has 3 rings (SSSR count). The fourth-order valence-corrected chi connectivity index (χ4v) is 2.51. The highest BCUT2D eigenvalue weighted by atomic mass is 16.5. The smallest absolute Gasteiger partial charge is 0.277 e. The second-order valence-corrected chi connectivity index (χ2v) is 5.24. The molecule has 0 atom stereocenters. The number of ether oxygens (including phenoxy) is 1. The third-order valence-corrected chi connectivity index (χ3v) is 3.82. The first kappa shape index (κ1) is 15.1. The van der Waals surface area contributed by atoms with Gasteiger partial charge in [0.15, 0.2) is 0 Å². The number of allylic oxidation sites excluding steroid dienone is 2. The van der Waals surface area contributed by atoms with Gasteiger partial charge in [0, 0.05) is 12.7 Å². The molecular formula is C20H17NO2. The summed E-state index contributed by atoms with van der Waals surface area (Å²) in [6, 6.07) is 19.0. The number of benzene rings is 2. The van der Waals surface area contributed by atoms with Crippen LogP contribution >= 0.6 is 0 Å². The van der Waals surface area contributed by atoms with Gasteiger partial charge in [-0.1, -0.05) is 48.5 Å². The minimum atomic E-state index is -0.615. The number of carbonyl (C=O) groups excluding carboxylic acids is 1. The van der Waals surface area contributed by atoms with Crippen molar-refractivity contribution >= 4 is 11.6 Å². The second-order valence-electron chi connectivity index (χ2n) is 5.24. The Hall–Kier alpha value is -2.78. The van der Waals surface area contributed by atoms with Crippen LogP contribution in [0, 0.1) is 0 Å². The zero-order chi connectivity index (χ0) is 16.1. The van der Waals surface area contributed by atoms with E-state index in [1.54, 1.807) is 19.2 Å². The molecule has 0 N–H and O–H groups in total. The van der Waals surface area contributed by atoms with Gasteiger partial charge in [-0.15, -0.1) is 0 Å². The fraction of sp³-hybridized carbons (Fsp3) is 0.100. The molecule has 0 saturated heterocycles. The summed E-state index contributed by atoms with van der Waals surface area (Å²) >= 11 is 0. The molecule has 1 aliphatic rings. The van der Waals surface area contributed by atoms with E-state index < -0.39 is 5.60 Å². The predicted octanol–water partition coefficient (Wildman–Crippen LogP) is 3.94. The number of hydrogen-bond acceptors (Lipinski definition) is 2. The number of nitrogens with zero attached hydrogens (tertiary/aromatic N) is 1. The molecule has 2 aromatic carbocycles. The zero-order valence-electron chi connectivity index (χ0n) is 12.8. The van der Waals surface area contributed by atoms with Gasteiger partial charge in [0.25, 0.3) is 5.91 Å². The average Bonchev–Trinajstić information content (AvgIpc) is 2.64. The Morgan fingerprint density at radius 2 is 1.48 bits per heavy atom. The number of amides is 1. The van der Waals surface area contributed by atoms with E-state index in [0.29, 0.717) is 11.3 Å². The van der Waals surface area contributed by atoms with Crippen LogP contribution in [0.15, 0.2) is 90.0 Å². The van der Waals surface area contributed by atoms with Crippen molar-refractivity contribution in [1.82, 2.24) is 0 Å². The number of rotatable bonds is 3. The monoisotopic (exact) mass is 303 g/mol. The molecule has 23 heavy (non-hydrogen) atoms. The van der Waals surface area contributed by atoms with Gasteiger partial charge >= 0.3 is 0 Å². The first-order chi connectivity index (χ1) is 11.2. The lowest BCUT2D eigenvalue weighted by atomic mass is 9.89. The molecule has 114 valence electrons. The van der Waals surface area contributed by atoms with Crippen LogP contribution in [0.25, 0.3) is 0 Å². The van der Waals surface area contributed by atoms with Gasteiger partial charge < -0.3 is 4.74 Å². The van der Waals surface area contributed by atoms with Crippen LogP contribution in [0.3, 0.4) is 0 Å². The molecule has 0 aliphatic heterocycles. The fourth-order valence-electron chi connectivity index (χ4n) is 2.51. The maximum atomic E-state index is 12.1. The normalized spacial score (nSPS) is 19.6. The summed E-state index contributed by atoms with van der Waals surface area (Å²) in [5, 5.41) is 0. The standard InChI is InChI=1S/C20H17NO2/c1-23-20(17-10-6-3-7-11-17)14-12-18(13-15-20)21-19(22)16-8-4-2-5-9-16/h2-15H,1H3. The third-order valence-electron chi connectivity index (χ3n) is 3.82. The number of hydrogen-bond donors (Lipinski definition) is 0. The predicted molar refractivity (Wildman–Crippen MR) is 91.6 cm³/mol. The second kappa shape index (κ2) is 6.55. The van der Waals surface area contributed by atoms with E-state index in [2.05, 4.69) is 4.99 Å². The van der Waals surface area contributed by atoms with Crippen LogP contribution in [-0.2, 0) is 10.3 Å². The Labute approximate surface area is 135 Å². The Balaban J connectivity index is 1.85. The van der Waals surface area contributed by atoms with E-state index in [0.717, 1.165) is 5.56 Å². The van der Waals surface area contributed by atoms with Crippen LogP contribution in [-0.4, -0.2) is 18.7 Å². The van der Waals surface area contributed by atoms with Gasteiger partial charge in [0.2, 0.25) is 0 Å². The average molecular weight is 303 g/mol. The van der Waals surface area contributed by atoms with Crippen molar-refractivity contribution in [1.29, 1.82) is 0 Å². The molecule has 0 unspecified atom stereocenters. The molecule has 2 aromatic rings. The molecule has 3 heteroatoms. The molecule has 0 saturated carbocycles. The number of carbonyl (C=O) groups is 1. The highest BCUT2D eigenvalue weighted by Gasteiger charge is 2.27. The molecule has 0 aromatic heterocycles. The van der Waals surface area contributed by atoms with Crippen molar-refractivity contribution in [2.75, 3.05) is 7.11 Å². The molecule has 0 heterocycles. The summed E-state index contributed by atoms with van der Waals surface area (Å²) in [5.74, 6) is -0.250. The summed E-state index contributed by atoms with van der Waals surface area (Å²) in [6.07, 6.45) is 7.47. The van der Waals surface area contributed by atoms with E-state index in [-0.39, 0.29) is 5.91 Å². The van der Waals surface area contributed by atoms with E-state index in [1.165, 1.54) is 0 Å². The first-order valence-electron chi connectivity index (χ1n) is 7.41. The van der Waals surface area contributed by atoms with Crippen molar-refractivity contribution in [3.8, 4) is 0 Å². The summed E-state index contributed by atoms with van der Waals surface area (Å²) in [5.41, 5.74) is 1.61. The Morgan fingerprint density at radius 1 is 0.913 bits per heavy atom. The Kier molecular flexibility index (Phi) is 4.31. The Bertz CT molecular complexity index is 758. The lowest BCUT2D eigenvalue weighted by Crippen LogP contribution is -2.26. The molecule has 0 radical (unpaired) electrons. The highest BCUT2D eigenvalue weighted by molar-refractivity contribution is 6.13. The molecule has 0 bridgehead atoms. The highest BCUT2D eigenvalue weighted by Crippen LogP contribution is 2.30. The van der Waals surface area contributed by atoms with Gasteiger partial charge in [-0.25, -0.2) is 4.99 Å². The molecular weight excluding hydrogens is 286 g/mol. The van der Waals surface area contributed by atoms with Crippen LogP contribution in [0.5, 0.6) is 0 Å². The van der Waals surface area contributed by atoms with Crippen LogP contribution in [0.1, 0.15) is 15.9 Å². The molecule has 0 spiro atoms. The van der Waals surface area contributed by atoms with Gasteiger partial charge in [0.1, 0.15) is 5.60 Å². The lowest BCUT2D eigenvalue weighted by molar-refractivity contribution is 0.0722. The number of methoxy groups -OCH3 is 1. The van der Waals surface area contributed by atoms with Gasteiger partial charge in [-0.3, -0.25) is 4.79 Å². The third kappa shape index (κ3) is 3.20. The van der Waals surface area contributed by atoms with Crippen molar-refractivity contribution in [2.24, 2.45) is 4.99 Å². The van der Waals surface area contributed by atoms with E-state index in [4.69, 9.17) is 4.74 Å². The molecule has 3 nitrogen and oxygen atoms in total. The van der Waals surface area contributed by atoms with Crippen molar-refractivity contribution < 1.29 is 9.53 Å². The first-order valence-corrected chi connectivity index (χ1v) is 7.41. The van der Waals surface area contributed by atoms with Gasteiger partial charge in [-0.2, -0.15) is 0 Å². The summed E-state index contributed by atoms with van der Waals surface area (Å²) in [4.78, 5) is 16.3. The van der Waals surface area contributed by atoms with Crippen LogP contribution in [0.4, 0.5) is 0 Å². The van der Waals surface area contributed by atoms with Crippen LogP contribution < -0.4 is 0 Å². The minimum absolute atomic E-state index is 0.250. The van der Waals surface area contributed by atoms with Crippen molar-refractivity contribution in [3.05, 3.63) is 96.1 Å². The largest absolute Gasteiger partial charge is 0.365 e. The molecule has 0 fully saturated rings. The quantitative estimate of drug-likeness (QED) is 0.861. The van der Waals surface area contributed by atoms with Gasteiger partial charge in [-0.05, 0) is 42.0 Å². The lowest BCUT2D eigenvalue weighted by Gasteiger charge is -2.28. The SMILES string of the molecule is COC1(c2ccccc2)C=CC(=NC(=O)c2ccccc2)C=C1. The van der Waals surface area contributed by atoms with Crippen LogP contribution in [0.2, 0.25) is 0 Å². The van der Waals surface area contributed by atoms with Crippen molar-refractivity contribution in [2.45, 2.75) is 5.60 Å². The van der Waals surface area contributed by atoms with E-state index >= 15 is 0 Å². The summed E-state index contributed by atoms with van der Waals surface area (Å²) in [7, 11) is 1.67. The topological polar surface area (TPSA) is 38.7 Å².